The van der Waals surface area contributed by atoms with Crippen LogP contribution in [0.3, 0.4) is 0 Å². The average molecular weight is 394 g/mol. The molecule has 0 saturated carbocycles. The monoisotopic (exact) mass is 393 g/mol. The molecule has 0 radical (unpaired) electrons. The maximum Gasteiger partial charge on any atom is 0.211 e. The second kappa shape index (κ2) is 6.72. The van der Waals surface area contributed by atoms with Crippen molar-refractivity contribution in [3.05, 3.63) is 52.8 Å². The summed E-state index contributed by atoms with van der Waals surface area (Å²) < 4.78 is 33.8. The number of sulfonamides is 1. The van der Waals surface area contributed by atoms with E-state index in [1.165, 1.54) is 10.6 Å². The van der Waals surface area contributed by atoms with Gasteiger partial charge in [0.2, 0.25) is 10.0 Å². The number of nitrogens with zero attached hydrogens (tertiary/aromatic N) is 3. The zero-order valence-corrected chi connectivity index (χ0v) is 16.1. The van der Waals surface area contributed by atoms with Crippen LogP contribution in [0.25, 0.3) is 11.0 Å². The average Bonchev–Trinajstić information content (AvgIpc) is 3.14. The van der Waals surface area contributed by atoms with E-state index in [0.29, 0.717) is 11.1 Å². The number of aryl methyl sites for hydroxylation is 2. The molecule has 1 aliphatic heterocycles. The van der Waals surface area contributed by atoms with Gasteiger partial charge in [-0.1, -0.05) is 18.2 Å². The number of benzene rings is 1. The van der Waals surface area contributed by atoms with Crippen molar-refractivity contribution in [2.75, 3.05) is 6.26 Å². The molecule has 1 aliphatic rings. The molecule has 26 heavy (non-hydrogen) atoms. The van der Waals surface area contributed by atoms with Crippen molar-refractivity contribution in [2.45, 2.75) is 38.9 Å². The molecule has 6 nitrogen and oxygen atoms in total. The molecule has 0 spiro atoms. The van der Waals surface area contributed by atoms with Gasteiger partial charge in [-0.05, 0) is 30.5 Å². The Labute approximate surface area is 157 Å². The maximum absolute atomic E-state index is 12.4. The number of para-hydroxylation sites is 1. The molecule has 2 aromatic heterocycles. The fraction of sp³-hybridized carbons (Fsp3) is 0.389. The lowest BCUT2D eigenvalue weighted by Crippen LogP contribution is -2.29. The summed E-state index contributed by atoms with van der Waals surface area (Å²) in [6.07, 6.45) is 6.37. The maximum atomic E-state index is 12.4. The minimum Gasteiger partial charge on any atom is -0.444 e. The Balaban J connectivity index is 1.65. The fourth-order valence-corrected chi connectivity index (χ4v) is 4.39. The van der Waals surface area contributed by atoms with Crippen molar-refractivity contribution in [3.8, 4) is 0 Å². The number of hydrogen-bond acceptors (Lipinski definition) is 4. The highest BCUT2D eigenvalue weighted by molar-refractivity contribution is 7.88. The molecule has 0 unspecified atom stereocenters. The summed E-state index contributed by atoms with van der Waals surface area (Å²) in [6, 6.07) is 7.44. The van der Waals surface area contributed by atoms with Gasteiger partial charge in [-0.2, -0.15) is 4.31 Å². The molecule has 4 rings (SSSR count). The zero-order valence-electron chi connectivity index (χ0n) is 14.5. The third-order valence-electron chi connectivity index (χ3n) is 4.75. The van der Waals surface area contributed by atoms with Gasteiger partial charge in [0, 0.05) is 36.7 Å². The molecule has 1 aromatic carbocycles. The lowest BCUT2D eigenvalue weighted by molar-refractivity contribution is 0.400. The van der Waals surface area contributed by atoms with Gasteiger partial charge in [0.05, 0.1) is 18.5 Å². The number of furan rings is 1. The standard InChI is InChI=1S/C18H20ClN3O3S/c1-26(23,24)22(11-13-10-21-9-5-4-8-17(21)20-13)12-15-14-6-2-3-7-16(14)25-18(15)19/h2-3,6-7,10H,4-5,8-9,11-12H2,1H3. The minimum atomic E-state index is -3.44. The Hall–Kier alpha value is -1.83. The van der Waals surface area contributed by atoms with Crippen LogP contribution in [0.4, 0.5) is 0 Å². The van der Waals surface area contributed by atoms with E-state index in [1.54, 1.807) is 0 Å². The molecule has 0 N–H and O–H groups in total. The first-order chi connectivity index (χ1) is 12.4. The number of aromatic nitrogens is 2. The van der Waals surface area contributed by atoms with Crippen LogP contribution in [0.1, 0.15) is 29.9 Å². The van der Waals surface area contributed by atoms with Crippen LogP contribution >= 0.6 is 11.6 Å². The normalized spacial score (nSPS) is 14.9. The van der Waals surface area contributed by atoms with Gasteiger partial charge < -0.3 is 8.98 Å². The lowest BCUT2D eigenvalue weighted by atomic mass is 10.2. The molecule has 8 heteroatoms. The topological polar surface area (TPSA) is 68.3 Å². The van der Waals surface area contributed by atoms with Crippen molar-refractivity contribution >= 4 is 32.6 Å². The number of rotatable bonds is 5. The Kier molecular flexibility index (Phi) is 4.54. The van der Waals surface area contributed by atoms with Gasteiger partial charge >= 0.3 is 0 Å². The first kappa shape index (κ1) is 17.6. The first-order valence-corrected chi connectivity index (χ1v) is 10.8. The van der Waals surface area contributed by atoms with E-state index < -0.39 is 10.0 Å². The highest BCUT2D eigenvalue weighted by atomic mass is 35.5. The summed E-state index contributed by atoms with van der Waals surface area (Å²) >= 11 is 6.24. The molecule has 3 aromatic rings. The molecule has 0 atom stereocenters. The van der Waals surface area contributed by atoms with Crippen molar-refractivity contribution in [1.82, 2.24) is 13.9 Å². The molecule has 3 heterocycles. The number of fused-ring (bicyclic) bond motifs is 2. The summed E-state index contributed by atoms with van der Waals surface area (Å²) in [5, 5.41) is 1.05. The van der Waals surface area contributed by atoms with E-state index in [4.69, 9.17) is 16.0 Å². The van der Waals surface area contributed by atoms with E-state index >= 15 is 0 Å². The summed E-state index contributed by atoms with van der Waals surface area (Å²) in [5.74, 6) is 1.03. The first-order valence-electron chi connectivity index (χ1n) is 8.58. The van der Waals surface area contributed by atoms with Gasteiger partial charge in [0.25, 0.3) is 0 Å². The Bertz CT molecular complexity index is 1030. The summed E-state index contributed by atoms with van der Waals surface area (Å²) in [7, 11) is -3.44. The SMILES string of the molecule is CS(=O)(=O)N(Cc1cn2c(n1)CCCC2)Cc1c(Cl)oc2ccccc12. The van der Waals surface area contributed by atoms with Crippen LogP contribution in [0.15, 0.2) is 34.9 Å². The van der Waals surface area contributed by atoms with Crippen LogP contribution in [0.2, 0.25) is 5.22 Å². The highest BCUT2D eigenvalue weighted by Gasteiger charge is 2.24. The molecular weight excluding hydrogens is 374 g/mol. The van der Waals surface area contributed by atoms with Gasteiger partial charge in [-0.15, -0.1) is 0 Å². The molecular formula is C18H20ClN3O3S. The summed E-state index contributed by atoms with van der Waals surface area (Å²) in [4.78, 5) is 4.62. The van der Waals surface area contributed by atoms with Crippen LogP contribution < -0.4 is 0 Å². The van der Waals surface area contributed by atoms with E-state index in [0.717, 1.165) is 42.7 Å². The van der Waals surface area contributed by atoms with Crippen molar-refractivity contribution < 1.29 is 12.8 Å². The van der Waals surface area contributed by atoms with Gasteiger partial charge in [0.1, 0.15) is 11.4 Å². The number of imidazole rings is 1. The van der Waals surface area contributed by atoms with Crippen LogP contribution in [0.5, 0.6) is 0 Å². The fourth-order valence-electron chi connectivity index (χ4n) is 3.41. The molecule has 0 bridgehead atoms. The highest BCUT2D eigenvalue weighted by Crippen LogP contribution is 2.31. The lowest BCUT2D eigenvalue weighted by Gasteiger charge is -2.18. The second-order valence-electron chi connectivity index (χ2n) is 6.68. The van der Waals surface area contributed by atoms with Crippen LogP contribution in [0, 0.1) is 0 Å². The smallest absolute Gasteiger partial charge is 0.211 e. The minimum absolute atomic E-state index is 0.150. The largest absolute Gasteiger partial charge is 0.444 e. The molecule has 0 amide bonds. The second-order valence-corrected chi connectivity index (χ2v) is 9.01. The van der Waals surface area contributed by atoms with Crippen LogP contribution in [-0.4, -0.2) is 28.5 Å². The quantitative estimate of drug-likeness (QED) is 0.664. The Morgan fingerprint density at radius 1 is 1.27 bits per heavy atom. The van der Waals surface area contributed by atoms with Crippen molar-refractivity contribution in [2.24, 2.45) is 0 Å². The van der Waals surface area contributed by atoms with E-state index in [9.17, 15) is 8.42 Å². The third-order valence-corrected chi connectivity index (χ3v) is 6.25. The van der Waals surface area contributed by atoms with Gasteiger partial charge in [0.15, 0.2) is 5.22 Å². The third kappa shape index (κ3) is 3.39. The predicted molar refractivity (Wildman–Crippen MR) is 100 cm³/mol. The van der Waals surface area contributed by atoms with E-state index in [-0.39, 0.29) is 18.3 Å². The Morgan fingerprint density at radius 2 is 2.08 bits per heavy atom. The molecule has 0 fully saturated rings. The van der Waals surface area contributed by atoms with E-state index in [2.05, 4.69) is 9.55 Å². The van der Waals surface area contributed by atoms with Crippen molar-refractivity contribution in [3.63, 3.8) is 0 Å². The van der Waals surface area contributed by atoms with Crippen molar-refractivity contribution in [1.29, 1.82) is 0 Å². The number of hydrogen-bond donors (Lipinski definition) is 0. The van der Waals surface area contributed by atoms with Gasteiger partial charge in [-0.3, -0.25) is 0 Å². The zero-order chi connectivity index (χ0) is 18.3. The molecule has 0 saturated heterocycles. The van der Waals surface area contributed by atoms with Gasteiger partial charge in [-0.25, -0.2) is 13.4 Å². The van der Waals surface area contributed by atoms with Crippen LogP contribution in [-0.2, 0) is 36.1 Å². The Morgan fingerprint density at radius 3 is 2.85 bits per heavy atom. The molecule has 138 valence electrons. The summed E-state index contributed by atoms with van der Waals surface area (Å²) in [5.41, 5.74) is 2.09. The molecule has 0 aliphatic carbocycles. The number of halogens is 1. The summed E-state index contributed by atoms with van der Waals surface area (Å²) in [6.45, 7) is 1.31. The predicted octanol–water partition coefficient (Wildman–Crippen LogP) is 3.58. The van der Waals surface area contributed by atoms with E-state index in [1.807, 2.05) is 30.5 Å².